The summed E-state index contributed by atoms with van der Waals surface area (Å²) in [5.74, 6) is 0. The maximum Gasteiger partial charge on any atom is 0.0628 e. The number of rotatable bonds is 6. The summed E-state index contributed by atoms with van der Waals surface area (Å²) in [6, 6.07) is 6.58. The summed E-state index contributed by atoms with van der Waals surface area (Å²) in [6.07, 6.45) is 1.58. The third-order valence-corrected chi connectivity index (χ3v) is 6.29. The quantitative estimate of drug-likeness (QED) is 0.662. The molecule has 0 amide bonds. The molecule has 0 aliphatic heterocycles. The molecule has 0 saturated heterocycles. The molecule has 0 saturated carbocycles. The average Bonchev–Trinajstić information content (AvgIpc) is 2.19. The molecule has 4 heteroatoms. The van der Waals surface area contributed by atoms with Gasteiger partial charge in [-0.2, -0.15) is 15.8 Å². The lowest BCUT2D eigenvalue weighted by atomic mass is 10.3. The van der Waals surface area contributed by atoms with Gasteiger partial charge in [-0.3, -0.25) is 0 Å². The summed E-state index contributed by atoms with van der Waals surface area (Å²) in [4.78, 5) is 0. The first kappa shape index (κ1) is 14.9. The molecule has 0 aliphatic carbocycles. The van der Waals surface area contributed by atoms with Crippen LogP contribution in [0.5, 0.6) is 0 Å². The van der Waals surface area contributed by atoms with Crippen LogP contribution in [-0.4, -0.2) is 17.0 Å². The van der Waals surface area contributed by atoms with Crippen molar-refractivity contribution in [2.24, 2.45) is 0 Å². The second-order valence-corrected chi connectivity index (χ2v) is 7.62. The van der Waals surface area contributed by atoms with Crippen molar-refractivity contribution in [1.82, 2.24) is 0 Å². The van der Waals surface area contributed by atoms with Crippen LogP contribution in [0.2, 0.25) is 0 Å². The molecule has 0 bridgehead atoms. The van der Waals surface area contributed by atoms with E-state index in [-0.39, 0.29) is 0 Å². The number of nitriles is 3. The molecule has 0 heterocycles. The molecule has 86 valence electrons. The van der Waals surface area contributed by atoms with Crippen LogP contribution < -0.4 is 0 Å². The molecule has 0 aromatic rings. The predicted octanol–water partition coefficient (Wildman–Crippen LogP) is 3.37. The lowest BCUT2D eigenvalue weighted by Gasteiger charge is -2.32. The molecule has 0 rings (SSSR count). The average molecular weight is 235 g/mol. The van der Waals surface area contributed by atoms with Crippen LogP contribution >= 0.6 is 7.92 Å². The summed E-state index contributed by atoms with van der Waals surface area (Å²) >= 11 is 0. The molecule has 3 atom stereocenters. The molecule has 0 N–H and O–H groups in total. The van der Waals surface area contributed by atoms with E-state index >= 15 is 0 Å². The van der Waals surface area contributed by atoms with Crippen molar-refractivity contribution >= 4 is 7.92 Å². The van der Waals surface area contributed by atoms with E-state index < -0.39 is 7.92 Å². The fourth-order valence-electron chi connectivity index (χ4n) is 2.02. The van der Waals surface area contributed by atoms with Crippen molar-refractivity contribution in [3.8, 4) is 18.2 Å². The summed E-state index contributed by atoms with van der Waals surface area (Å²) < 4.78 is 0. The van der Waals surface area contributed by atoms with Gasteiger partial charge in [0.1, 0.15) is 0 Å². The molecule has 3 nitrogen and oxygen atoms in total. The second kappa shape index (κ2) is 8.10. The Balaban J connectivity index is 4.70. The molecule has 3 unspecified atom stereocenters. The van der Waals surface area contributed by atoms with E-state index in [2.05, 4.69) is 39.0 Å². The molecular weight excluding hydrogens is 217 g/mol. The van der Waals surface area contributed by atoms with Gasteiger partial charge < -0.3 is 0 Å². The molecule has 0 radical (unpaired) electrons. The fourth-order valence-corrected chi connectivity index (χ4v) is 5.50. The van der Waals surface area contributed by atoms with Crippen molar-refractivity contribution in [3.05, 3.63) is 0 Å². The van der Waals surface area contributed by atoms with Gasteiger partial charge in [-0.1, -0.05) is 28.7 Å². The Kier molecular flexibility index (Phi) is 7.54. The van der Waals surface area contributed by atoms with Gasteiger partial charge in [0.05, 0.1) is 18.2 Å². The van der Waals surface area contributed by atoms with E-state index in [1.807, 2.05) is 0 Å². The zero-order chi connectivity index (χ0) is 12.6. The van der Waals surface area contributed by atoms with Crippen molar-refractivity contribution in [1.29, 1.82) is 15.8 Å². The molecule has 0 aromatic heterocycles. The van der Waals surface area contributed by atoms with Crippen LogP contribution in [-0.2, 0) is 0 Å². The smallest absolute Gasteiger partial charge is 0.0628 e. The molecule has 16 heavy (non-hydrogen) atoms. The highest BCUT2D eigenvalue weighted by Crippen LogP contribution is 2.53. The zero-order valence-corrected chi connectivity index (χ0v) is 11.0. The van der Waals surface area contributed by atoms with Gasteiger partial charge in [0, 0.05) is 19.3 Å². The molecule has 0 aromatic carbocycles. The van der Waals surface area contributed by atoms with Crippen molar-refractivity contribution in [2.45, 2.75) is 57.0 Å². The van der Waals surface area contributed by atoms with Gasteiger partial charge in [-0.15, -0.1) is 0 Å². The largest absolute Gasteiger partial charge is 0.198 e. The lowest BCUT2D eigenvalue weighted by molar-refractivity contribution is 0.851. The van der Waals surface area contributed by atoms with E-state index in [4.69, 9.17) is 15.8 Å². The lowest BCUT2D eigenvalue weighted by Crippen LogP contribution is -2.17. The van der Waals surface area contributed by atoms with E-state index in [0.717, 1.165) is 0 Å². The van der Waals surface area contributed by atoms with Crippen LogP contribution in [0.25, 0.3) is 0 Å². The molecule has 0 spiro atoms. The summed E-state index contributed by atoms with van der Waals surface area (Å²) in [7, 11) is -0.429. The highest BCUT2D eigenvalue weighted by molar-refractivity contribution is 7.59. The maximum absolute atomic E-state index is 8.74. The van der Waals surface area contributed by atoms with Crippen molar-refractivity contribution in [3.63, 3.8) is 0 Å². The fraction of sp³-hybridized carbons (Fsp3) is 0.750. The Morgan fingerprint density at radius 3 is 1.19 bits per heavy atom. The second-order valence-electron chi connectivity index (χ2n) is 4.08. The molecule has 0 fully saturated rings. The molecular formula is C12H18N3P. The normalized spacial score (nSPS) is 17.2. The number of hydrogen-bond donors (Lipinski definition) is 0. The predicted molar refractivity (Wildman–Crippen MR) is 66.0 cm³/mol. The topological polar surface area (TPSA) is 71.4 Å². The van der Waals surface area contributed by atoms with Crippen LogP contribution in [0.4, 0.5) is 0 Å². The Morgan fingerprint density at radius 1 is 0.750 bits per heavy atom. The Hall–Kier alpha value is -1.10. The van der Waals surface area contributed by atoms with Crippen molar-refractivity contribution in [2.75, 3.05) is 0 Å². The van der Waals surface area contributed by atoms with E-state index in [1.165, 1.54) is 0 Å². The van der Waals surface area contributed by atoms with Gasteiger partial charge in [0.25, 0.3) is 0 Å². The summed E-state index contributed by atoms with van der Waals surface area (Å²) in [5.41, 5.74) is 0.935. The van der Waals surface area contributed by atoms with Crippen LogP contribution in [0.15, 0.2) is 0 Å². The Labute approximate surface area is 99.4 Å². The highest BCUT2D eigenvalue weighted by atomic mass is 31.1. The van der Waals surface area contributed by atoms with Gasteiger partial charge in [-0.05, 0) is 17.0 Å². The van der Waals surface area contributed by atoms with Crippen LogP contribution in [0, 0.1) is 34.0 Å². The van der Waals surface area contributed by atoms with Gasteiger partial charge in [-0.25, -0.2) is 0 Å². The van der Waals surface area contributed by atoms with E-state index in [9.17, 15) is 0 Å². The standard InChI is InChI=1S/C12H18N3P/c1-10(4-7-13)16(11(2)5-8-14)12(3)6-9-15/h10-12H,4-6H2,1-3H3. The highest BCUT2D eigenvalue weighted by Gasteiger charge is 2.27. The minimum absolute atomic E-state index is 0.312. The first-order valence-electron chi connectivity index (χ1n) is 5.46. The van der Waals surface area contributed by atoms with Gasteiger partial charge in [0.2, 0.25) is 0 Å². The SMILES string of the molecule is CC(CC#N)P(C(C)CC#N)C(C)CC#N. The summed E-state index contributed by atoms with van der Waals surface area (Å²) in [6.45, 7) is 6.20. The monoisotopic (exact) mass is 235 g/mol. The third-order valence-electron chi connectivity index (χ3n) is 2.69. The maximum atomic E-state index is 8.74. The van der Waals surface area contributed by atoms with Gasteiger partial charge in [0.15, 0.2) is 0 Å². The minimum Gasteiger partial charge on any atom is -0.198 e. The first-order valence-corrected chi connectivity index (χ1v) is 7.01. The molecule has 0 aliphatic rings. The van der Waals surface area contributed by atoms with E-state index in [0.29, 0.717) is 36.2 Å². The minimum atomic E-state index is -0.429. The number of nitrogens with zero attached hydrogens (tertiary/aromatic N) is 3. The summed E-state index contributed by atoms with van der Waals surface area (Å²) in [5, 5.41) is 26.2. The van der Waals surface area contributed by atoms with E-state index in [1.54, 1.807) is 0 Å². The Bertz CT molecular complexity index is 268. The van der Waals surface area contributed by atoms with Gasteiger partial charge >= 0.3 is 0 Å². The van der Waals surface area contributed by atoms with Crippen molar-refractivity contribution < 1.29 is 0 Å². The van der Waals surface area contributed by atoms with Crippen LogP contribution in [0.1, 0.15) is 40.0 Å². The number of hydrogen-bond acceptors (Lipinski definition) is 3. The Morgan fingerprint density at radius 2 is 1.00 bits per heavy atom. The third kappa shape index (κ3) is 4.61. The van der Waals surface area contributed by atoms with Crippen LogP contribution in [0.3, 0.4) is 0 Å². The first-order chi connectivity index (χ1) is 7.58. The zero-order valence-electron chi connectivity index (χ0n) is 10.1.